The molecule has 0 fully saturated rings. The second-order valence-electron chi connectivity index (χ2n) is 3.20. The van der Waals surface area contributed by atoms with Crippen LogP contribution in [0.5, 0.6) is 0 Å². The highest BCUT2D eigenvalue weighted by molar-refractivity contribution is 5.97. The average molecular weight is 200 g/mol. The van der Waals surface area contributed by atoms with Crippen LogP contribution in [0.1, 0.15) is 11.1 Å². The number of hydrogen-bond donors (Lipinski definition) is 1. The van der Waals surface area contributed by atoms with Crippen molar-refractivity contribution in [3.8, 4) is 0 Å². The summed E-state index contributed by atoms with van der Waals surface area (Å²) in [6.07, 6.45) is 3.30. The van der Waals surface area contributed by atoms with Crippen molar-refractivity contribution in [3.05, 3.63) is 60.1 Å². The Morgan fingerprint density at radius 3 is 2.67 bits per heavy atom. The molecule has 0 spiro atoms. The molecule has 3 nitrogen and oxygen atoms in total. The van der Waals surface area contributed by atoms with Gasteiger partial charge in [-0.25, -0.2) is 0 Å². The number of rotatable bonds is 3. The lowest BCUT2D eigenvalue weighted by molar-refractivity contribution is 0.564. The Balaban J connectivity index is 2.08. The van der Waals surface area contributed by atoms with Crippen LogP contribution in [-0.2, 0) is 6.54 Å². The molecule has 0 aliphatic rings. The molecule has 15 heavy (non-hydrogen) atoms. The van der Waals surface area contributed by atoms with Crippen LogP contribution >= 0.6 is 0 Å². The van der Waals surface area contributed by atoms with Crippen LogP contribution in [0.2, 0.25) is 0 Å². The summed E-state index contributed by atoms with van der Waals surface area (Å²) in [7, 11) is 0. The van der Waals surface area contributed by atoms with Crippen molar-refractivity contribution in [2.45, 2.75) is 6.54 Å². The van der Waals surface area contributed by atoms with Crippen LogP contribution in [0.15, 0.2) is 58.3 Å². The van der Waals surface area contributed by atoms with Gasteiger partial charge in [-0.3, -0.25) is 4.99 Å². The maximum Gasteiger partial charge on any atom is 0.125 e. The molecule has 0 amide bonds. The number of furan rings is 1. The van der Waals surface area contributed by atoms with E-state index in [-0.39, 0.29) is 0 Å². The largest absolute Gasteiger partial charge is 0.472 e. The molecule has 0 atom stereocenters. The minimum Gasteiger partial charge on any atom is -0.472 e. The summed E-state index contributed by atoms with van der Waals surface area (Å²) < 4.78 is 4.94. The van der Waals surface area contributed by atoms with Gasteiger partial charge in [0, 0.05) is 11.1 Å². The predicted octanol–water partition coefficient (Wildman–Crippen LogP) is 2.19. The van der Waals surface area contributed by atoms with Crippen molar-refractivity contribution in [2.24, 2.45) is 10.7 Å². The van der Waals surface area contributed by atoms with E-state index in [1.165, 1.54) is 0 Å². The van der Waals surface area contributed by atoms with Gasteiger partial charge in [-0.1, -0.05) is 30.3 Å². The molecule has 0 saturated carbocycles. The molecule has 1 heterocycles. The Morgan fingerprint density at radius 1 is 1.20 bits per heavy atom. The van der Waals surface area contributed by atoms with Crippen molar-refractivity contribution >= 4 is 5.84 Å². The van der Waals surface area contributed by atoms with Gasteiger partial charge in [0.25, 0.3) is 0 Å². The summed E-state index contributed by atoms with van der Waals surface area (Å²) in [5, 5.41) is 0. The van der Waals surface area contributed by atoms with Crippen molar-refractivity contribution in [3.63, 3.8) is 0 Å². The van der Waals surface area contributed by atoms with E-state index in [1.54, 1.807) is 12.5 Å². The summed E-state index contributed by atoms with van der Waals surface area (Å²) in [5.41, 5.74) is 7.80. The normalized spacial score (nSPS) is 11.6. The number of aliphatic imine (C=N–C) groups is 1. The molecule has 1 aromatic heterocycles. The maximum atomic E-state index is 5.83. The maximum absolute atomic E-state index is 5.83. The van der Waals surface area contributed by atoms with Crippen LogP contribution in [0.3, 0.4) is 0 Å². The third-order valence-electron chi connectivity index (χ3n) is 2.08. The van der Waals surface area contributed by atoms with E-state index in [0.29, 0.717) is 12.4 Å². The standard InChI is InChI=1S/C12H12N2O/c13-12(11-4-2-1-3-5-11)14-8-10-6-7-15-9-10/h1-7,9H,8H2,(H2,13,14). The van der Waals surface area contributed by atoms with Crippen LogP contribution in [0, 0.1) is 0 Å². The van der Waals surface area contributed by atoms with E-state index in [4.69, 9.17) is 10.2 Å². The zero-order valence-electron chi connectivity index (χ0n) is 8.26. The van der Waals surface area contributed by atoms with E-state index in [2.05, 4.69) is 4.99 Å². The van der Waals surface area contributed by atoms with Gasteiger partial charge in [0.1, 0.15) is 5.84 Å². The van der Waals surface area contributed by atoms with Gasteiger partial charge in [-0.15, -0.1) is 0 Å². The van der Waals surface area contributed by atoms with Crippen LogP contribution in [0.25, 0.3) is 0 Å². The second kappa shape index (κ2) is 4.46. The van der Waals surface area contributed by atoms with E-state index in [1.807, 2.05) is 36.4 Å². The molecule has 0 unspecified atom stereocenters. The number of nitrogens with two attached hydrogens (primary N) is 1. The predicted molar refractivity (Wildman–Crippen MR) is 59.6 cm³/mol. The highest BCUT2D eigenvalue weighted by atomic mass is 16.3. The highest BCUT2D eigenvalue weighted by Gasteiger charge is 1.97. The summed E-state index contributed by atoms with van der Waals surface area (Å²) >= 11 is 0. The minimum absolute atomic E-state index is 0.553. The van der Waals surface area contributed by atoms with Gasteiger partial charge in [0.15, 0.2) is 0 Å². The van der Waals surface area contributed by atoms with Crippen LogP contribution < -0.4 is 5.73 Å². The molecule has 0 radical (unpaired) electrons. The third-order valence-corrected chi connectivity index (χ3v) is 2.08. The van der Waals surface area contributed by atoms with Crippen molar-refractivity contribution in [2.75, 3.05) is 0 Å². The number of amidine groups is 1. The van der Waals surface area contributed by atoms with Crippen molar-refractivity contribution in [1.29, 1.82) is 0 Å². The summed E-state index contributed by atoms with van der Waals surface area (Å²) in [4.78, 5) is 4.27. The van der Waals surface area contributed by atoms with E-state index in [0.717, 1.165) is 11.1 Å². The van der Waals surface area contributed by atoms with Gasteiger partial charge >= 0.3 is 0 Å². The summed E-state index contributed by atoms with van der Waals surface area (Å²) in [6, 6.07) is 11.6. The lowest BCUT2D eigenvalue weighted by Gasteiger charge is -1.99. The Hall–Kier alpha value is -2.03. The van der Waals surface area contributed by atoms with E-state index >= 15 is 0 Å². The molecular weight excluding hydrogens is 188 g/mol. The van der Waals surface area contributed by atoms with Gasteiger partial charge in [0.05, 0.1) is 19.1 Å². The van der Waals surface area contributed by atoms with E-state index < -0.39 is 0 Å². The number of hydrogen-bond acceptors (Lipinski definition) is 2. The molecular formula is C12H12N2O. The molecule has 1 aromatic carbocycles. The summed E-state index contributed by atoms with van der Waals surface area (Å²) in [5.74, 6) is 0.553. The first kappa shape index (κ1) is 9.52. The SMILES string of the molecule is NC(=NCc1ccoc1)c1ccccc1. The quantitative estimate of drug-likeness (QED) is 0.610. The fraction of sp³-hybridized carbons (Fsp3) is 0.0833. The first-order valence-electron chi connectivity index (χ1n) is 4.72. The second-order valence-corrected chi connectivity index (χ2v) is 3.20. The average Bonchev–Trinajstić information content (AvgIpc) is 2.80. The molecule has 0 aliphatic carbocycles. The van der Waals surface area contributed by atoms with Gasteiger partial charge in [-0.2, -0.15) is 0 Å². The lowest BCUT2D eigenvalue weighted by Crippen LogP contribution is -2.13. The Bertz CT molecular complexity index is 432. The smallest absolute Gasteiger partial charge is 0.125 e. The first-order chi connectivity index (χ1) is 7.36. The number of nitrogens with zero attached hydrogens (tertiary/aromatic N) is 1. The Morgan fingerprint density at radius 2 is 2.00 bits per heavy atom. The molecule has 76 valence electrons. The van der Waals surface area contributed by atoms with Crippen LogP contribution in [-0.4, -0.2) is 5.84 Å². The van der Waals surface area contributed by atoms with E-state index in [9.17, 15) is 0 Å². The molecule has 2 N–H and O–H groups in total. The lowest BCUT2D eigenvalue weighted by atomic mass is 10.2. The topological polar surface area (TPSA) is 51.5 Å². The monoisotopic (exact) mass is 200 g/mol. The molecule has 2 aromatic rings. The molecule has 0 saturated heterocycles. The van der Waals surface area contributed by atoms with Crippen LogP contribution in [0.4, 0.5) is 0 Å². The van der Waals surface area contributed by atoms with Gasteiger partial charge in [0.2, 0.25) is 0 Å². The zero-order chi connectivity index (χ0) is 10.5. The summed E-state index contributed by atoms with van der Waals surface area (Å²) in [6.45, 7) is 0.553. The Labute approximate surface area is 88.2 Å². The van der Waals surface area contributed by atoms with Crippen molar-refractivity contribution < 1.29 is 4.42 Å². The molecule has 2 rings (SSSR count). The van der Waals surface area contributed by atoms with Gasteiger partial charge < -0.3 is 10.2 Å². The zero-order valence-corrected chi connectivity index (χ0v) is 8.26. The fourth-order valence-corrected chi connectivity index (χ4v) is 1.26. The molecule has 0 aliphatic heterocycles. The third kappa shape index (κ3) is 2.47. The highest BCUT2D eigenvalue weighted by Crippen LogP contribution is 2.03. The van der Waals surface area contributed by atoms with Gasteiger partial charge in [-0.05, 0) is 6.07 Å². The molecule has 0 bridgehead atoms. The fourth-order valence-electron chi connectivity index (χ4n) is 1.26. The minimum atomic E-state index is 0.553. The Kier molecular flexibility index (Phi) is 2.83. The first-order valence-corrected chi connectivity index (χ1v) is 4.72. The molecule has 3 heteroatoms. The number of benzene rings is 1. The van der Waals surface area contributed by atoms with Crippen molar-refractivity contribution in [1.82, 2.24) is 0 Å².